The first kappa shape index (κ1) is 16.0. The van der Waals surface area contributed by atoms with Crippen molar-refractivity contribution in [2.24, 2.45) is 5.92 Å². The molecule has 1 aromatic carbocycles. The molecule has 2 rings (SSSR count). The van der Waals surface area contributed by atoms with Gasteiger partial charge in [-0.2, -0.15) is 0 Å². The van der Waals surface area contributed by atoms with E-state index in [1.165, 1.54) is 16.7 Å². The van der Waals surface area contributed by atoms with Gasteiger partial charge in [0.05, 0.1) is 6.10 Å². The number of carbonyl (C=O) groups excluding carboxylic acids is 1. The molecule has 116 valence electrons. The van der Waals surface area contributed by atoms with Crippen LogP contribution in [0.3, 0.4) is 0 Å². The highest BCUT2D eigenvalue weighted by Crippen LogP contribution is 2.29. The van der Waals surface area contributed by atoms with Crippen molar-refractivity contribution in [3.05, 3.63) is 33.4 Å². The van der Waals surface area contributed by atoms with Gasteiger partial charge in [-0.15, -0.1) is 0 Å². The Balaban J connectivity index is 2.37. The largest absolute Gasteiger partial charge is 0.393 e. The summed E-state index contributed by atoms with van der Waals surface area (Å²) in [6, 6.07) is 0. The molecule has 3 nitrogen and oxygen atoms in total. The number of hydrogen-bond acceptors (Lipinski definition) is 2. The van der Waals surface area contributed by atoms with Crippen LogP contribution in [0, 0.1) is 40.5 Å². The van der Waals surface area contributed by atoms with Crippen LogP contribution in [-0.4, -0.2) is 35.1 Å². The monoisotopic (exact) mass is 289 g/mol. The maximum Gasteiger partial charge on any atom is 0.254 e. The van der Waals surface area contributed by atoms with Crippen LogP contribution in [0.25, 0.3) is 0 Å². The Labute approximate surface area is 128 Å². The van der Waals surface area contributed by atoms with E-state index in [-0.39, 0.29) is 17.9 Å². The average molecular weight is 289 g/mol. The van der Waals surface area contributed by atoms with Gasteiger partial charge in [-0.05, 0) is 75.8 Å². The van der Waals surface area contributed by atoms with Crippen molar-refractivity contribution < 1.29 is 9.90 Å². The van der Waals surface area contributed by atoms with Gasteiger partial charge in [-0.25, -0.2) is 0 Å². The Morgan fingerprint density at radius 3 is 1.95 bits per heavy atom. The van der Waals surface area contributed by atoms with Crippen molar-refractivity contribution >= 4 is 5.91 Å². The van der Waals surface area contributed by atoms with Crippen LogP contribution >= 0.6 is 0 Å². The molecule has 0 radical (unpaired) electrons. The Morgan fingerprint density at radius 1 is 1.05 bits per heavy atom. The SMILES string of the molecule is Cc1c(C)c(C)c(C(=O)N2CCC(C(C)O)C2)c(C)c1C. The number of likely N-dealkylation sites (tertiary alicyclic amines) is 1. The quantitative estimate of drug-likeness (QED) is 0.909. The average Bonchev–Trinajstić information content (AvgIpc) is 2.93. The zero-order valence-electron chi connectivity index (χ0n) is 14.1. The molecule has 21 heavy (non-hydrogen) atoms. The predicted molar refractivity (Wildman–Crippen MR) is 85.8 cm³/mol. The summed E-state index contributed by atoms with van der Waals surface area (Å²) in [7, 11) is 0. The second kappa shape index (κ2) is 5.80. The summed E-state index contributed by atoms with van der Waals surface area (Å²) >= 11 is 0. The van der Waals surface area contributed by atoms with Gasteiger partial charge in [0.25, 0.3) is 5.91 Å². The van der Waals surface area contributed by atoms with Crippen molar-refractivity contribution in [3.8, 4) is 0 Å². The van der Waals surface area contributed by atoms with Crippen LogP contribution in [0.1, 0.15) is 51.5 Å². The topological polar surface area (TPSA) is 40.5 Å². The molecule has 0 aromatic heterocycles. The maximum absolute atomic E-state index is 12.9. The van der Waals surface area contributed by atoms with Crippen molar-refractivity contribution in [1.29, 1.82) is 0 Å². The summed E-state index contributed by atoms with van der Waals surface area (Å²) in [4.78, 5) is 14.8. The number of rotatable bonds is 2. The summed E-state index contributed by atoms with van der Waals surface area (Å²) in [5.74, 6) is 0.335. The molecule has 1 aliphatic rings. The first-order chi connectivity index (χ1) is 9.75. The Bertz CT molecular complexity index is 546. The van der Waals surface area contributed by atoms with Crippen molar-refractivity contribution in [1.82, 2.24) is 4.90 Å². The molecule has 3 heteroatoms. The minimum absolute atomic E-state index is 0.124. The zero-order chi connectivity index (χ0) is 15.9. The van der Waals surface area contributed by atoms with Gasteiger partial charge in [-0.3, -0.25) is 4.79 Å². The van der Waals surface area contributed by atoms with E-state index in [0.717, 1.165) is 29.7 Å². The highest BCUT2D eigenvalue weighted by Gasteiger charge is 2.31. The minimum atomic E-state index is -0.341. The molecule has 2 atom stereocenters. The highest BCUT2D eigenvalue weighted by molar-refractivity contribution is 5.98. The lowest BCUT2D eigenvalue weighted by Gasteiger charge is -2.23. The van der Waals surface area contributed by atoms with Crippen LogP contribution < -0.4 is 0 Å². The van der Waals surface area contributed by atoms with E-state index in [9.17, 15) is 9.90 Å². The van der Waals surface area contributed by atoms with E-state index in [1.54, 1.807) is 0 Å². The summed E-state index contributed by atoms with van der Waals surface area (Å²) in [5, 5.41) is 9.72. The Morgan fingerprint density at radius 2 is 1.52 bits per heavy atom. The van der Waals surface area contributed by atoms with E-state index >= 15 is 0 Å². The summed E-state index contributed by atoms with van der Waals surface area (Å²) in [5.41, 5.74) is 6.77. The molecule has 0 bridgehead atoms. The standard InChI is InChI=1S/C18H27NO2/c1-10-11(2)13(4)17(14(5)12(10)3)18(21)19-8-7-16(9-19)15(6)20/h15-16,20H,7-9H2,1-6H3. The smallest absolute Gasteiger partial charge is 0.254 e. The Hall–Kier alpha value is -1.35. The number of aliphatic hydroxyl groups is 1. The summed E-state index contributed by atoms with van der Waals surface area (Å²) in [6.07, 6.45) is 0.553. The van der Waals surface area contributed by atoms with Gasteiger partial charge in [0.2, 0.25) is 0 Å². The van der Waals surface area contributed by atoms with E-state index in [2.05, 4.69) is 20.8 Å². The van der Waals surface area contributed by atoms with Gasteiger partial charge in [0.1, 0.15) is 0 Å². The van der Waals surface area contributed by atoms with Crippen molar-refractivity contribution in [2.75, 3.05) is 13.1 Å². The fourth-order valence-electron chi connectivity index (χ4n) is 3.34. The first-order valence-corrected chi connectivity index (χ1v) is 7.80. The van der Waals surface area contributed by atoms with Crippen molar-refractivity contribution in [3.63, 3.8) is 0 Å². The molecule has 0 aliphatic carbocycles. The lowest BCUT2D eigenvalue weighted by atomic mass is 9.89. The third kappa shape index (κ3) is 2.71. The van der Waals surface area contributed by atoms with Gasteiger partial charge in [0.15, 0.2) is 0 Å². The minimum Gasteiger partial charge on any atom is -0.393 e. The van der Waals surface area contributed by atoms with E-state index < -0.39 is 0 Å². The van der Waals surface area contributed by atoms with Crippen LogP contribution in [0.4, 0.5) is 0 Å². The van der Waals surface area contributed by atoms with Crippen molar-refractivity contribution in [2.45, 2.75) is 54.1 Å². The summed E-state index contributed by atoms with van der Waals surface area (Å²) in [6.45, 7) is 13.6. The fourth-order valence-corrected chi connectivity index (χ4v) is 3.34. The van der Waals surface area contributed by atoms with Gasteiger partial charge in [-0.1, -0.05) is 0 Å². The van der Waals surface area contributed by atoms with Gasteiger partial charge in [0, 0.05) is 24.6 Å². The molecule has 2 unspecified atom stereocenters. The molecule has 1 amide bonds. The number of amides is 1. The molecule has 1 N–H and O–H groups in total. The predicted octanol–water partition coefficient (Wildman–Crippen LogP) is 3.07. The second-order valence-electron chi connectivity index (χ2n) is 6.54. The Kier molecular flexibility index (Phi) is 4.43. The number of carbonyl (C=O) groups is 1. The van der Waals surface area contributed by atoms with E-state index in [1.807, 2.05) is 25.7 Å². The number of hydrogen-bond donors (Lipinski definition) is 1. The molecule has 0 saturated carbocycles. The normalized spacial score (nSPS) is 20.0. The molecular formula is C18H27NO2. The first-order valence-electron chi connectivity index (χ1n) is 7.80. The molecule has 1 saturated heterocycles. The van der Waals surface area contributed by atoms with Crippen LogP contribution in [0.5, 0.6) is 0 Å². The van der Waals surface area contributed by atoms with Crippen LogP contribution in [0.15, 0.2) is 0 Å². The number of benzene rings is 1. The maximum atomic E-state index is 12.9. The van der Waals surface area contributed by atoms with Crippen LogP contribution in [0.2, 0.25) is 0 Å². The van der Waals surface area contributed by atoms with E-state index in [0.29, 0.717) is 6.54 Å². The lowest BCUT2D eigenvalue weighted by molar-refractivity contribution is 0.0761. The highest BCUT2D eigenvalue weighted by atomic mass is 16.3. The second-order valence-corrected chi connectivity index (χ2v) is 6.54. The molecule has 1 aromatic rings. The summed E-state index contributed by atoms with van der Waals surface area (Å²) < 4.78 is 0. The van der Waals surface area contributed by atoms with Crippen LogP contribution in [-0.2, 0) is 0 Å². The van der Waals surface area contributed by atoms with Gasteiger partial charge >= 0.3 is 0 Å². The fraction of sp³-hybridized carbons (Fsp3) is 0.611. The molecule has 1 heterocycles. The van der Waals surface area contributed by atoms with E-state index in [4.69, 9.17) is 0 Å². The molecule has 0 spiro atoms. The molecule has 1 fully saturated rings. The number of aliphatic hydroxyl groups excluding tert-OH is 1. The van der Waals surface area contributed by atoms with Gasteiger partial charge < -0.3 is 10.0 Å². The lowest BCUT2D eigenvalue weighted by Crippen LogP contribution is -2.31. The molecular weight excluding hydrogens is 262 g/mol. The third-order valence-corrected chi connectivity index (χ3v) is 5.41. The third-order valence-electron chi connectivity index (χ3n) is 5.41. The zero-order valence-corrected chi connectivity index (χ0v) is 14.1. The molecule has 1 aliphatic heterocycles. The number of nitrogens with zero attached hydrogens (tertiary/aromatic N) is 1.